The minimum Gasteiger partial charge on any atom is -0.379 e. The lowest BCUT2D eigenvalue weighted by Crippen LogP contribution is -2.46. The first-order valence-electron chi connectivity index (χ1n) is 7.87. The Morgan fingerprint density at radius 2 is 1.81 bits per heavy atom. The Morgan fingerprint density at radius 1 is 1.14 bits per heavy atom. The predicted molar refractivity (Wildman–Crippen MR) is 82.1 cm³/mol. The quantitative estimate of drug-likeness (QED) is 0.601. The van der Waals surface area contributed by atoms with Crippen LogP contribution in [0.1, 0.15) is 19.3 Å². The fourth-order valence-electron chi connectivity index (χ4n) is 2.81. The highest BCUT2D eigenvalue weighted by atomic mass is 32.2. The van der Waals surface area contributed by atoms with Crippen LogP contribution in [0.5, 0.6) is 0 Å². The van der Waals surface area contributed by atoms with E-state index in [0.29, 0.717) is 32.1 Å². The first-order chi connectivity index (χ1) is 10.1. The van der Waals surface area contributed by atoms with Crippen LogP contribution in [0.3, 0.4) is 0 Å². The van der Waals surface area contributed by atoms with Gasteiger partial charge in [0.2, 0.25) is 0 Å². The van der Waals surface area contributed by atoms with Crippen molar-refractivity contribution in [1.82, 2.24) is 13.9 Å². The molecule has 3 N–H and O–H groups in total. The third-order valence-corrected chi connectivity index (χ3v) is 5.90. The number of nitrogens with two attached hydrogens (primary N) is 1. The number of piperidine rings is 1. The molecule has 2 heterocycles. The minimum atomic E-state index is -3.32. The minimum absolute atomic E-state index is 0.470. The number of rotatable bonds is 7. The van der Waals surface area contributed by atoms with Gasteiger partial charge in [0, 0.05) is 32.7 Å². The molecule has 0 bridgehead atoms. The number of hydrogen-bond donors (Lipinski definition) is 2. The highest BCUT2D eigenvalue weighted by Crippen LogP contribution is 2.17. The zero-order valence-corrected chi connectivity index (χ0v) is 13.5. The van der Waals surface area contributed by atoms with Crippen molar-refractivity contribution in [3.63, 3.8) is 0 Å². The topological polar surface area (TPSA) is 87.9 Å². The van der Waals surface area contributed by atoms with Gasteiger partial charge in [-0.3, -0.25) is 4.90 Å². The maximum atomic E-state index is 12.2. The number of morpholine rings is 1. The van der Waals surface area contributed by atoms with Gasteiger partial charge in [-0.15, -0.1) is 0 Å². The van der Waals surface area contributed by atoms with Crippen LogP contribution in [0.4, 0.5) is 0 Å². The second-order valence-electron chi connectivity index (χ2n) is 5.79. The summed E-state index contributed by atoms with van der Waals surface area (Å²) in [5.74, 6) is 0.470. The molecular formula is C13H28N4O3S. The average Bonchev–Trinajstić information content (AvgIpc) is 2.53. The largest absolute Gasteiger partial charge is 0.379 e. The van der Waals surface area contributed by atoms with Crippen molar-refractivity contribution in [3.8, 4) is 0 Å². The molecule has 0 amide bonds. The molecule has 21 heavy (non-hydrogen) atoms. The normalized spacial score (nSPS) is 23.5. The monoisotopic (exact) mass is 320 g/mol. The highest BCUT2D eigenvalue weighted by molar-refractivity contribution is 7.87. The smallest absolute Gasteiger partial charge is 0.279 e. The fraction of sp³-hybridized carbons (Fsp3) is 1.00. The molecule has 0 saturated carbocycles. The summed E-state index contributed by atoms with van der Waals surface area (Å²) in [6.45, 7) is 6.68. The summed E-state index contributed by atoms with van der Waals surface area (Å²) in [4.78, 5) is 2.31. The van der Waals surface area contributed by atoms with Gasteiger partial charge in [-0.05, 0) is 38.3 Å². The number of nitrogens with one attached hydrogen (secondary N) is 1. The van der Waals surface area contributed by atoms with E-state index in [2.05, 4.69) is 9.62 Å². The predicted octanol–water partition coefficient (Wildman–Crippen LogP) is -0.786. The van der Waals surface area contributed by atoms with Gasteiger partial charge in [0.05, 0.1) is 13.2 Å². The van der Waals surface area contributed by atoms with E-state index in [4.69, 9.17) is 10.5 Å². The van der Waals surface area contributed by atoms with Crippen molar-refractivity contribution < 1.29 is 13.2 Å². The van der Waals surface area contributed by atoms with Crippen molar-refractivity contribution in [3.05, 3.63) is 0 Å². The molecule has 0 radical (unpaired) electrons. The van der Waals surface area contributed by atoms with Crippen molar-refractivity contribution in [2.24, 2.45) is 11.7 Å². The van der Waals surface area contributed by atoms with Crippen LogP contribution in [-0.2, 0) is 14.9 Å². The highest BCUT2D eigenvalue weighted by Gasteiger charge is 2.26. The molecule has 2 saturated heterocycles. The van der Waals surface area contributed by atoms with Crippen LogP contribution in [0.25, 0.3) is 0 Å². The van der Waals surface area contributed by atoms with Gasteiger partial charge >= 0.3 is 0 Å². The summed E-state index contributed by atoms with van der Waals surface area (Å²) >= 11 is 0. The Morgan fingerprint density at radius 3 is 2.43 bits per heavy atom. The van der Waals surface area contributed by atoms with E-state index in [9.17, 15) is 8.42 Å². The van der Waals surface area contributed by atoms with Crippen molar-refractivity contribution >= 4 is 10.2 Å². The zero-order chi connectivity index (χ0) is 15.1. The van der Waals surface area contributed by atoms with Gasteiger partial charge in [0.15, 0.2) is 0 Å². The summed E-state index contributed by atoms with van der Waals surface area (Å²) in [6.07, 6.45) is 2.56. The number of hydrogen-bond acceptors (Lipinski definition) is 5. The molecule has 0 atom stereocenters. The van der Waals surface area contributed by atoms with E-state index in [0.717, 1.165) is 52.1 Å². The Hall–Kier alpha value is -0.250. The maximum Gasteiger partial charge on any atom is 0.279 e. The van der Waals surface area contributed by atoms with E-state index in [1.807, 2.05) is 0 Å². The molecular weight excluding hydrogens is 292 g/mol. The van der Waals surface area contributed by atoms with Crippen molar-refractivity contribution in [1.29, 1.82) is 0 Å². The van der Waals surface area contributed by atoms with E-state index in [1.54, 1.807) is 4.31 Å². The van der Waals surface area contributed by atoms with Crippen LogP contribution >= 0.6 is 0 Å². The van der Waals surface area contributed by atoms with Gasteiger partial charge in [-0.1, -0.05) is 0 Å². The lowest BCUT2D eigenvalue weighted by atomic mass is 9.99. The Balaban J connectivity index is 1.64. The summed E-state index contributed by atoms with van der Waals surface area (Å²) in [5.41, 5.74) is 5.63. The van der Waals surface area contributed by atoms with Crippen LogP contribution < -0.4 is 10.5 Å². The molecule has 2 aliphatic heterocycles. The standard InChI is InChI=1S/C13H28N4O3S/c14-12-13-2-6-17(7-3-13)21(18,19)15-4-1-5-16-8-10-20-11-9-16/h13,15H,1-12,14H2. The summed E-state index contributed by atoms with van der Waals surface area (Å²) < 4.78 is 33.9. The second kappa shape index (κ2) is 8.40. The van der Waals surface area contributed by atoms with Crippen LogP contribution in [-0.4, -0.2) is 76.6 Å². The second-order valence-corrected chi connectivity index (χ2v) is 7.54. The Kier molecular flexibility index (Phi) is 6.84. The number of nitrogens with zero attached hydrogens (tertiary/aromatic N) is 2. The van der Waals surface area contributed by atoms with Crippen molar-refractivity contribution in [2.75, 3.05) is 59.0 Å². The molecule has 2 fully saturated rings. The zero-order valence-electron chi connectivity index (χ0n) is 12.7. The van der Waals surface area contributed by atoms with Gasteiger partial charge in [-0.2, -0.15) is 12.7 Å². The average molecular weight is 320 g/mol. The molecule has 0 unspecified atom stereocenters. The van der Waals surface area contributed by atoms with E-state index in [1.165, 1.54) is 0 Å². The lowest BCUT2D eigenvalue weighted by molar-refractivity contribution is 0.0376. The van der Waals surface area contributed by atoms with Gasteiger partial charge in [-0.25, -0.2) is 4.72 Å². The van der Waals surface area contributed by atoms with Crippen LogP contribution in [0, 0.1) is 5.92 Å². The molecule has 2 aliphatic rings. The molecule has 0 aliphatic carbocycles. The van der Waals surface area contributed by atoms with E-state index < -0.39 is 10.2 Å². The molecule has 8 heteroatoms. The maximum absolute atomic E-state index is 12.2. The van der Waals surface area contributed by atoms with Gasteiger partial charge in [0.25, 0.3) is 10.2 Å². The Bertz CT molecular complexity index is 390. The summed E-state index contributed by atoms with van der Waals surface area (Å²) in [6, 6.07) is 0. The number of ether oxygens (including phenoxy) is 1. The molecule has 0 aromatic heterocycles. The van der Waals surface area contributed by atoms with Gasteiger partial charge < -0.3 is 10.5 Å². The van der Waals surface area contributed by atoms with E-state index in [-0.39, 0.29) is 0 Å². The molecule has 7 nitrogen and oxygen atoms in total. The van der Waals surface area contributed by atoms with E-state index >= 15 is 0 Å². The first-order valence-corrected chi connectivity index (χ1v) is 9.31. The summed E-state index contributed by atoms with van der Waals surface area (Å²) in [7, 11) is -3.32. The van der Waals surface area contributed by atoms with Crippen LogP contribution in [0.2, 0.25) is 0 Å². The SMILES string of the molecule is NCC1CCN(S(=O)(=O)NCCCN2CCOCC2)CC1. The molecule has 124 valence electrons. The Labute approximate surface area is 128 Å². The molecule has 0 aromatic rings. The first kappa shape index (κ1) is 17.1. The molecule has 0 aromatic carbocycles. The van der Waals surface area contributed by atoms with Crippen LogP contribution in [0.15, 0.2) is 0 Å². The molecule has 2 rings (SSSR count). The lowest BCUT2D eigenvalue weighted by Gasteiger charge is -2.30. The van der Waals surface area contributed by atoms with Crippen molar-refractivity contribution in [2.45, 2.75) is 19.3 Å². The molecule has 0 spiro atoms. The summed E-state index contributed by atoms with van der Waals surface area (Å²) in [5, 5.41) is 0. The fourth-order valence-corrected chi connectivity index (χ4v) is 4.08. The van der Waals surface area contributed by atoms with Gasteiger partial charge in [0.1, 0.15) is 0 Å². The third-order valence-electron chi connectivity index (χ3n) is 4.29. The third kappa shape index (κ3) is 5.46.